The highest BCUT2D eigenvalue weighted by molar-refractivity contribution is 7.96. The zero-order valence-corrected chi connectivity index (χ0v) is 15.4. The third kappa shape index (κ3) is 3.00. The van der Waals surface area contributed by atoms with Crippen LogP contribution in [-0.4, -0.2) is 43.2 Å². The number of ether oxygens (including phenoxy) is 1. The fourth-order valence-corrected chi connectivity index (χ4v) is 6.40. The summed E-state index contributed by atoms with van der Waals surface area (Å²) in [6.45, 7) is 6.62. The van der Waals surface area contributed by atoms with Gasteiger partial charge in [0.05, 0.1) is 26.6 Å². The second kappa shape index (κ2) is 7.07. The Morgan fingerprint density at radius 1 is 1.23 bits per heavy atom. The van der Waals surface area contributed by atoms with E-state index in [2.05, 4.69) is 24.4 Å². The molecular weight excluding hydrogens is 289 g/mol. The molecule has 0 aromatic heterocycles. The topological polar surface area (TPSA) is 12.5 Å². The van der Waals surface area contributed by atoms with Crippen molar-refractivity contribution in [1.29, 1.82) is 0 Å². The second-order valence-corrected chi connectivity index (χ2v) is 8.96. The smallest absolute Gasteiger partial charge is 0.0813 e. The zero-order chi connectivity index (χ0) is 15.7. The van der Waals surface area contributed by atoms with Gasteiger partial charge in [0.2, 0.25) is 0 Å². The third-order valence-corrected chi connectivity index (χ3v) is 7.24. The standard InChI is InChI=1S/C18H32BNOS/c1-13(2)9-16-15-10-14(19)7-5-4-6-8-17(15)20(22-3)18(16)11-21-12-18/h13-17H,4-12H2,1-3H3. The molecule has 22 heavy (non-hydrogen) atoms. The first-order chi connectivity index (χ1) is 10.6. The summed E-state index contributed by atoms with van der Waals surface area (Å²) in [5, 5.41) is 0. The van der Waals surface area contributed by atoms with Crippen LogP contribution in [0.5, 0.6) is 0 Å². The predicted molar refractivity (Wildman–Crippen MR) is 96.3 cm³/mol. The highest BCUT2D eigenvalue weighted by Gasteiger charge is 2.61. The van der Waals surface area contributed by atoms with Gasteiger partial charge in [-0.3, -0.25) is 0 Å². The van der Waals surface area contributed by atoms with Crippen LogP contribution in [0, 0.1) is 17.8 Å². The molecule has 1 aliphatic carbocycles. The lowest BCUT2D eigenvalue weighted by atomic mass is 9.67. The van der Waals surface area contributed by atoms with Gasteiger partial charge in [-0.15, -0.1) is 0 Å². The molecule has 0 bridgehead atoms. The summed E-state index contributed by atoms with van der Waals surface area (Å²) in [6, 6.07) is 0.715. The van der Waals surface area contributed by atoms with Crippen LogP contribution in [0.4, 0.5) is 0 Å². The molecule has 3 fully saturated rings. The Hall–Kier alpha value is 0.335. The van der Waals surface area contributed by atoms with E-state index in [0.717, 1.165) is 31.0 Å². The molecule has 4 unspecified atom stereocenters. The van der Waals surface area contributed by atoms with Crippen LogP contribution in [0.1, 0.15) is 58.8 Å². The van der Waals surface area contributed by atoms with E-state index in [4.69, 9.17) is 12.6 Å². The van der Waals surface area contributed by atoms with Crippen molar-refractivity contribution in [1.82, 2.24) is 4.31 Å². The van der Waals surface area contributed by atoms with E-state index in [0.29, 0.717) is 17.4 Å². The lowest BCUT2D eigenvalue weighted by Gasteiger charge is -2.49. The Morgan fingerprint density at radius 3 is 2.55 bits per heavy atom. The molecule has 2 saturated heterocycles. The summed E-state index contributed by atoms with van der Waals surface area (Å²) < 4.78 is 8.49. The first-order valence-electron chi connectivity index (χ1n) is 9.25. The SMILES string of the molecule is [B]C1CCCCCC2C(C1)C(CC(C)C)C1(COC1)N2SC. The summed E-state index contributed by atoms with van der Waals surface area (Å²) in [6.07, 6.45) is 11.4. The lowest BCUT2D eigenvalue weighted by Crippen LogP contribution is -2.61. The molecule has 3 rings (SSSR count). The van der Waals surface area contributed by atoms with Gasteiger partial charge in [-0.2, -0.15) is 0 Å². The Kier molecular flexibility index (Phi) is 5.51. The second-order valence-electron chi connectivity index (χ2n) is 8.21. The van der Waals surface area contributed by atoms with Gasteiger partial charge in [-0.05, 0) is 36.9 Å². The molecule has 4 atom stereocenters. The molecule has 124 valence electrons. The number of fused-ring (bicyclic) bond motifs is 1. The number of rotatable bonds is 3. The molecular formula is C18H32BNOS. The highest BCUT2D eigenvalue weighted by atomic mass is 32.2. The van der Waals surface area contributed by atoms with E-state index in [9.17, 15) is 0 Å². The van der Waals surface area contributed by atoms with E-state index >= 15 is 0 Å². The van der Waals surface area contributed by atoms with Crippen LogP contribution in [-0.2, 0) is 4.74 Å². The van der Waals surface area contributed by atoms with Crippen LogP contribution in [0.2, 0.25) is 5.82 Å². The monoisotopic (exact) mass is 321 g/mol. The Balaban J connectivity index is 1.89. The molecule has 2 nitrogen and oxygen atoms in total. The average molecular weight is 321 g/mol. The predicted octanol–water partition coefficient (Wildman–Crippen LogP) is 4.31. The van der Waals surface area contributed by atoms with Gasteiger partial charge < -0.3 is 4.74 Å². The molecule has 2 radical (unpaired) electrons. The van der Waals surface area contributed by atoms with E-state index in [1.165, 1.54) is 44.9 Å². The molecule has 0 aromatic rings. The molecule has 1 saturated carbocycles. The Labute approximate surface area is 142 Å². The summed E-state index contributed by atoms with van der Waals surface area (Å²) in [5.41, 5.74) is 0.304. The summed E-state index contributed by atoms with van der Waals surface area (Å²) >= 11 is 1.97. The first-order valence-corrected chi connectivity index (χ1v) is 10.4. The molecule has 4 heteroatoms. The third-order valence-electron chi connectivity index (χ3n) is 6.22. The Morgan fingerprint density at radius 2 is 1.95 bits per heavy atom. The maximum Gasteiger partial charge on any atom is 0.0813 e. The van der Waals surface area contributed by atoms with Crippen molar-refractivity contribution in [3.8, 4) is 0 Å². The fraction of sp³-hybridized carbons (Fsp3) is 1.00. The van der Waals surface area contributed by atoms with Gasteiger partial charge in [-0.1, -0.05) is 63.7 Å². The van der Waals surface area contributed by atoms with E-state index < -0.39 is 0 Å². The van der Waals surface area contributed by atoms with Crippen molar-refractivity contribution in [2.45, 2.75) is 76.2 Å². The van der Waals surface area contributed by atoms with Crippen LogP contribution < -0.4 is 0 Å². The maximum atomic E-state index is 6.50. The van der Waals surface area contributed by atoms with Gasteiger partial charge >= 0.3 is 0 Å². The van der Waals surface area contributed by atoms with Crippen molar-refractivity contribution in [2.75, 3.05) is 19.5 Å². The van der Waals surface area contributed by atoms with Gasteiger partial charge in [-0.25, -0.2) is 4.31 Å². The molecule has 0 N–H and O–H groups in total. The normalized spacial score (nSPS) is 39.1. The molecule has 0 amide bonds. The van der Waals surface area contributed by atoms with Crippen LogP contribution in [0.15, 0.2) is 0 Å². The molecule has 0 aromatic carbocycles. The van der Waals surface area contributed by atoms with Gasteiger partial charge in [0.25, 0.3) is 0 Å². The van der Waals surface area contributed by atoms with Crippen LogP contribution >= 0.6 is 11.9 Å². The number of hydrogen-bond donors (Lipinski definition) is 0. The average Bonchev–Trinajstić information content (AvgIpc) is 2.71. The summed E-state index contributed by atoms with van der Waals surface area (Å²) in [7, 11) is 6.50. The van der Waals surface area contributed by atoms with Gasteiger partial charge in [0.15, 0.2) is 0 Å². The minimum Gasteiger partial charge on any atom is -0.377 e. The highest BCUT2D eigenvalue weighted by Crippen LogP contribution is 2.56. The van der Waals surface area contributed by atoms with Gasteiger partial charge in [0.1, 0.15) is 0 Å². The van der Waals surface area contributed by atoms with E-state index in [-0.39, 0.29) is 0 Å². The quantitative estimate of drug-likeness (QED) is 0.568. The van der Waals surface area contributed by atoms with Crippen molar-refractivity contribution in [3.63, 3.8) is 0 Å². The Bertz CT molecular complexity index is 374. The summed E-state index contributed by atoms with van der Waals surface area (Å²) in [4.78, 5) is 0. The molecule has 2 aliphatic heterocycles. The van der Waals surface area contributed by atoms with E-state index in [1.54, 1.807) is 0 Å². The van der Waals surface area contributed by atoms with Crippen molar-refractivity contribution in [3.05, 3.63) is 0 Å². The summed E-state index contributed by atoms with van der Waals surface area (Å²) in [5.74, 6) is 2.70. The zero-order valence-electron chi connectivity index (χ0n) is 14.6. The van der Waals surface area contributed by atoms with Gasteiger partial charge in [0, 0.05) is 6.04 Å². The van der Waals surface area contributed by atoms with Crippen LogP contribution in [0.25, 0.3) is 0 Å². The maximum absolute atomic E-state index is 6.50. The van der Waals surface area contributed by atoms with Crippen molar-refractivity contribution >= 4 is 19.8 Å². The van der Waals surface area contributed by atoms with Crippen LogP contribution in [0.3, 0.4) is 0 Å². The number of nitrogens with zero attached hydrogens (tertiary/aromatic N) is 1. The largest absolute Gasteiger partial charge is 0.377 e. The minimum absolute atomic E-state index is 0.304. The lowest BCUT2D eigenvalue weighted by molar-refractivity contribution is -0.124. The minimum atomic E-state index is 0.304. The number of hydrogen-bond acceptors (Lipinski definition) is 3. The first kappa shape index (κ1) is 17.2. The van der Waals surface area contributed by atoms with Crippen molar-refractivity contribution in [2.24, 2.45) is 17.8 Å². The van der Waals surface area contributed by atoms with Crippen molar-refractivity contribution < 1.29 is 4.74 Å². The molecule has 2 heterocycles. The molecule has 1 spiro atoms. The van der Waals surface area contributed by atoms with E-state index in [1.807, 2.05) is 11.9 Å². The molecule has 3 aliphatic rings. The fourth-order valence-electron chi connectivity index (χ4n) is 5.26.